The van der Waals surface area contributed by atoms with E-state index in [9.17, 15) is 9.59 Å². The van der Waals surface area contributed by atoms with Crippen LogP contribution in [-0.2, 0) is 9.59 Å². The van der Waals surface area contributed by atoms with Crippen LogP contribution in [0.15, 0.2) is 36.4 Å². The van der Waals surface area contributed by atoms with Crippen molar-refractivity contribution in [1.29, 1.82) is 0 Å². The van der Waals surface area contributed by atoms with Crippen LogP contribution in [0.1, 0.15) is 23.6 Å². The van der Waals surface area contributed by atoms with Crippen LogP contribution >= 0.6 is 0 Å². The molecule has 0 saturated heterocycles. The SMILES string of the molecule is COc1ccc(N(CC(=O)Nc2c(C)cc(C)cc2C)C(C)=O)cc1. The summed E-state index contributed by atoms with van der Waals surface area (Å²) in [5.74, 6) is 0.265. The highest BCUT2D eigenvalue weighted by Gasteiger charge is 2.17. The third-order valence-corrected chi connectivity index (χ3v) is 4.01. The van der Waals surface area contributed by atoms with Gasteiger partial charge in [0.25, 0.3) is 0 Å². The molecule has 25 heavy (non-hydrogen) atoms. The van der Waals surface area contributed by atoms with Crippen molar-refractivity contribution < 1.29 is 14.3 Å². The number of ether oxygens (including phenoxy) is 1. The van der Waals surface area contributed by atoms with E-state index >= 15 is 0 Å². The third-order valence-electron chi connectivity index (χ3n) is 4.01. The summed E-state index contributed by atoms with van der Waals surface area (Å²) in [6.07, 6.45) is 0. The van der Waals surface area contributed by atoms with Crippen LogP contribution < -0.4 is 15.0 Å². The van der Waals surface area contributed by atoms with E-state index in [-0.39, 0.29) is 18.4 Å². The first-order valence-electron chi connectivity index (χ1n) is 8.11. The summed E-state index contributed by atoms with van der Waals surface area (Å²) in [5, 5.41) is 2.93. The molecular weight excluding hydrogens is 316 g/mol. The molecule has 0 aromatic heterocycles. The first kappa shape index (κ1) is 18.5. The van der Waals surface area contributed by atoms with Gasteiger partial charge in [0.1, 0.15) is 12.3 Å². The van der Waals surface area contributed by atoms with Crippen LogP contribution in [0.3, 0.4) is 0 Å². The molecule has 0 aliphatic rings. The molecule has 5 nitrogen and oxygen atoms in total. The number of nitrogens with one attached hydrogen (secondary N) is 1. The molecule has 0 unspecified atom stereocenters. The Kier molecular flexibility index (Phi) is 5.80. The topological polar surface area (TPSA) is 58.6 Å². The minimum Gasteiger partial charge on any atom is -0.497 e. The third kappa shape index (κ3) is 4.59. The molecule has 0 bridgehead atoms. The average molecular weight is 340 g/mol. The van der Waals surface area contributed by atoms with Crippen LogP contribution in [0, 0.1) is 20.8 Å². The Labute approximate surface area is 148 Å². The van der Waals surface area contributed by atoms with Gasteiger partial charge in [-0.25, -0.2) is 0 Å². The molecule has 0 fully saturated rings. The molecule has 0 aliphatic carbocycles. The van der Waals surface area contributed by atoms with E-state index in [0.717, 1.165) is 22.4 Å². The maximum atomic E-state index is 12.5. The molecule has 2 aromatic carbocycles. The standard InChI is InChI=1S/C20H24N2O3/c1-13-10-14(2)20(15(3)11-13)21-19(24)12-22(16(4)23)17-6-8-18(25-5)9-7-17/h6-11H,12H2,1-5H3,(H,21,24). The van der Waals surface area contributed by atoms with Crippen LogP contribution in [0.2, 0.25) is 0 Å². The lowest BCUT2D eigenvalue weighted by Gasteiger charge is -2.22. The smallest absolute Gasteiger partial charge is 0.244 e. The van der Waals surface area contributed by atoms with Gasteiger partial charge < -0.3 is 15.0 Å². The van der Waals surface area contributed by atoms with E-state index in [1.165, 1.54) is 11.8 Å². The van der Waals surface area contributed by atoms with Gasteiger partial charge in [-0.3, -0.25) is 9.59 Å². The van der Waals surface area contributed by atoms with Crippen molar-refractivity contribution in [3.8, 4) is 5.75 Å². The van der Waals surface area contributed by atoms with E-state index in [2.05, 4.69) is 5.32 Å². The molecule has 0 heterocycles. The summed E-state index contributed by atoms with van der Waals surface area (Å²) in [4.78, 5) is 25.9. The number of aryl methyl sites for hydroxylation is 3. The summed E-state index contributed by atoms with van der Waals surface area (Å²) in [6, 6.07) is 11.1. The van der Waals surface area contributed by atoms with E-state index in [4.69, 9.17) is 4.74 Å². The Morgan fingerprint density at radius 3 is 2.08 bits per heavy atom. The van der Waals surface area contributed by atoms with Gasteiger partial charge in [0.2, 0.25) is 11.8 Å². The Hall–Kier alpha value is -2.82. The summed E-state index contributed by atoms with van der Waals surface area (Å²) < 4.78 is 5.12. The number of hydrogen-bond donors (Lipinski definition) is 1. The van der Waals surface area contributed by atoms with Crippen molar-refractivity contribution in [2.75, 3.05) is 23.9 Å². The van der Waals surface area contributed by atoms with Crippen molar-refractivity contribution in [2.24, 2.45) is 0 Å². The second kappa shape index (κ2) is 7.83. The summed E-state index contributed by atoms with van der Waals surface area (Å²) in [5.41, 5.74) is 4.61. The van der Waals surface area contributed by atoms with Crippen molar-refractivity contribution in [2.45, 2.75) is 27.7 Å². The molecule has 2 rings (SSSR count). The number of rotatable bonds is 5. The zero-order valence-electron chi connectivity index (χ0n) is 15.3. The van der Waals surface area contributed by atoms with Crippen LogP contribution in [-0.4, -0.2) is 25.5 Å². The second-order valence-electron chi connectivity index (χ2n) is 6.13. The van der Waals surface area contributed by atoms with Crippen molar-refractivity contribution in [1.82, 2.24) is 0 Å². The second-order valence-corrected chi connectivity index (χ2v) is 6.13. The van der Waals surface area contributed by atoms with E-state index in [1.54, 1.807) is 31.4 Å². The van der Waals surface area contributed by atoms with Crippen molar-refractivity contribution in [3.63, 3.8) is 0 Å². The lowest BCUT2D eigenvalue weighted by Crippen LogP contribution is -2.36. The Morgan fingerprint density at radius 1 is 1.04 bits per heavy atom. The highest BCUT2D eigenvalue weighted by molar-refractivity contribution is 6.02. The molecule has 1 N–H and O–H groups in total. The van der Waals surface area contributed by atoms with Gasteiger partial charge in [-0.05, 0) is 56.2 Å². The van der Waals surface area contributed by atoms with E-state index in [1.807, 2.05) is 32.9 Å². The van der Waals surface area contributed by atoms with E-state index < -0.39 is 0 Å². The van der Waals surface area contributed by atoms with Gasteiger partial charge in [0, 0.05) is 18.3 Å². The number of benzene rings is 2. The van der Waals surface area contributed by atoms with Gasteiger partial charge >= 0.3 is 0 Å². The predicted molar refractivity (Wildman–Crippen MR) is 100 cm³/mol. The largest absolute Gasteiger partial charge is 0.497 e. The zero-order chi connectivity index (χ0) is 18.6. The normalized spacial score (nSPS) is 10.3. The monoisotopic (exact) mass is 340 g/mol. The number of nitrogens with zero attached hydrogens (tertiary/aromatic N) is 1. The molecule has 0 radical (unpaired) electrons. The van der Waals surface area contributed by atoms with Crippen LogP contribution in [0.25, 0.3) is 0 Å². The quantitative estimate of drug-likeness (QED) is 0.904. The molecule has 5 heteroatoms. The fourth-order valence-electron chi connectivity index (χ4n) is 2.85. The number of amides is 2. The minimum absolute atomic E-state index is 0.0472. The van der Waals surface area contributed by atoms with Gasteiger partial charge in [0.05, 0.1) is 7.11 Å². The fourth-order valence-corrected chi connectivity index (χ4v) is 2.85. The number of anilines is 2. The summed E-state index contributed by atoms with van der Waals surface area (Å²) in [6.45, 7) is 7.34. The fraction of sp³-hybridized carbons (Fsp3) is 0.300. The van der Waals surface area contributed by atoms with E-state index in [0.29, 0.717) is 11.4 Å². The molecule has 0 atom stereocenters. The average Bonchev–Trinajstić information content (AvgIpc) is 2.56. The lowest BCUT2D eigenvalue weighted by molar-refractivity contribution is -0.120. The maximum Gasteiger partial charge on any atom is 0.244 e. The first-order valence-corrected chi connectivity index (χ1v) is 8.11. The Balaban J connectivity index is 2.17. The van der Waals surface area contributed by atoms with Crippen LogP contribution in [0.5, 0.6) is 5.75 Å². The highest BCUT2D eigenvalue weighted by Crippen LogP contribution is 2.23. The predicted octanol–water partition coefficient (Wildman–Crippen LogP) is 3.61. The minimum atomic E-state index is -0.235. The maximum absolute atomic E-state index is 12.5. The molecule has 2 amide bonds. The van der Waals surface area contributed by atoms with Gasteiger partial charge in [0.15, 0.2) is 0 Å². The molecule has 132 valence electrons. The number of methoxy groups -OCH3 is 1. The van der Waals surface area contributed by atoms with Crippen LogP contribution in [0.4, 0.5) is 11.4 Å². The Bertz CT molecular complexity index is 759. The highest BCUT2D eigenvalue weighted by atomic mass is 16.5. The van der Waals surface area contributed by atoms with Crippen molar-refractivity contribution >= 4 is 23.2 Å². The lowest BCUT2D eigenvalue weighted by atomic mass is 10.1. The van der Waals surface area contributed by atoms with Crippen molar-refractivity contribution in [3.05, 3.63) is 53.1 Å². The molecular formula is C20H24N2O3. The van der Waals surface area contributed by atoms with Gasteiger partial charge in [-0.2, -0.15) is 0 Å². The number of carbonyl (C=O) groups is 2. The van der Waals surface area contributed by atoms with Gasteiger partial charge in [-0.15, -0.1) is 0 Å². The molecule has 0 saturated carbocycles. The molecule has 2 aromatic rings. The first-order chi connectivity index (χ1) is 11.8. The zero-order valence-corrected chi connectivity index (χ0v) is 15.3. The summed E-state index contributed by atoms with van der Waals surface area (Å²) >= 11 is 0. The summed E-state index contributed by atoms with van der Waals surface area (Å²) in [7, 11) is 1.58. The van der Waals surface area contributed by atoms with Gasteiger partial charge in [-0.1, -0.05) is 17.7 Å². The Morgan fingerprint density at radius 2 is 1.60 bits per heavy atom. The number of hydrogen-bond acceptors (Lipinski definition) is 3. The number of carbonyl (C=O) groups excluding carboxylic acids is 2. The molecule has 0 spiro atoms. The molecule has 0 aliphatic heterocycles.